The number of thiophene rings is 1. The van der Waals surface area contributed by atoms with E-state index in [9.17, 15) is 13.2 Å². The van der Waals surface area contributed by atoms with Gasteiger partial charge in [-0.1, -0.05) is 6.92 Å². The molecule has 1 aromatic heterocycles. The number of nitrogens with two attached hydrogens (primary N) is 1. The maximum Gasteiger partial charge on any atom is 0.389 e. The Morgan fingerprint density at radius 1 is 1.42 bits per heavy atom. The van der Waals surface area contributed by atoms with E-state index < -0.39 is 12.6 Å². The quantitative estimate of drug-likeness (QED) is 0.765. The minimum absolute atomic E-state index is 0.0269. The van der Waals surface area contributed by atoms with Gasteiger partial charge in [-0.3, -0.25) is 0 Å². The van der Waals surface area contributed by atoms with Gasteiger partial charge in [0.25, 0.3) is 0 Å². The van der Waals surface area contributed by atoms with E-state index in [1.54, 1.807) is 0 Å². The van der Waals surface area contributed by atoms with E-state index in [2.05, 4.69) is 0 Å². The van der Waals surface area contributed by atoms with Crippen molar-refractivity contribution < 1.29 is 17.9 Å². The monoisotopic (exact) mass is 295 g/mol. The van der Waals surface area contributed by atoms with Crippen LogP contribution in [0.1, 0.15) is 42.7 Å². The van der Waals surface area contributed by atoms with Crippen molar-refractivity contribution in [2.45, 2.75) is 51.4 Å². The zero-order valence-corrected chi connectivity index (χ0v) is 12.0. The van der Waals surface area contributed by atoms with Gasteiger partial charge < -0.3 is 10.5 Å². The van der Waals surface area contributed by atoms with E-state index in [4.69, 9.17) is 10.5 Å². The maximum absolute atomic E-state index is 12.1. The molecule has 110 valence electrons. The van der Waals surface area contributed by atoms with Gasteiger partial charge in [0.1, 0.15) is 6.10 Å². The average Bonchev–Trinajstić information content (AvgIpc) is 2.73. The van der Waals surface area contributed by atoms with Crippen molar-refractivity contribution in [2.75, 3.05) is 6.61 Å². The fourth-order valence-electron chi connectivity index (χ4n) is 1.77. The summed E-state index contributed by atoms with van der Waals surface area (Å²) in [6.07, 6.45) is -4.55. The molecule has 1 heterocycles. The van der Waals surface area contributed by atoms with Crippen LogP contribution in [0.4, 0.5) is 13.2 Å². The molecule has 0 saturated heterocycles. The Bertz CT molecular complexity index is 378. The molecule has 0 amide bonds. The predicted octanol–water partition coefficient (Wildman–Crippen LogP) is 4.19. The van der Waals surface area contributed by atoms with Crippen LogP contribution in [0.3, 0.4) is 0 Å². The van der Waals surface area contributed by atoms with Gasteiger partial charge in [0.2, 0.25) is 0 Å². The second-order valence-electron chi connectivity index (χ2n) is 4.55. The fraction of sp³-hybridized carbons (Fsp3) is 0.692. The van der Waals surface area contributed by atoms with Crippen molar-refractivity contribution in [3.05, 3.63) is 21.9 Å². The van der Waals surface area contributed by atoms with Crippen LogP contribution in [-0.2, 0) is 4.74 Å². The molecular weight excluding hydrogens is 275 g/mol. The summed E-state index contributed by atoms with van der Waals surface area (Å²) in [6.45, 7) is 3.98. The SMILES string of the molecule is CCC(N)C(OCCCC(F)(F)F)c1sccc1C. The van der Waals surface area contributed by atoms with Crippen molar-refractivity contribution in [3.8, 4) is 0 Å². The Morgan fingerprint density at radius 2 is 2.11 bits per heavy atom. The van der Waals surface area contributed by atoms with E-state index >= 15 is 0 Å². The van der Waals surface area contributed by atoms with Crippen molar-refractivity contribution in [2.24, 2.45) is 5.73 Å². The highest BCUT2D eigenvalue weighted by molar-refractivity contribution is 7.10. The standard InChI is InChI=1S/C13H20F3NOS/c1-3-10(17)11(12-9(2)5-8-19-12)18-7-4-6-13(14,15)16/h5,8,10-11H,3-4,6-7,17H2,1-2H3. The highest BCUT2D eigenvalue weighted by Crippen LogP contribution is 2.30. The van der Waals surface area contributed by atoms with Crippen LogP contribution in [0.5, 0.6) is 0 Å². The zero-order chi connectivity index (χ0) is 14.5. The van der Waals surface area contributed by atoms with Gasteiger partial charge in [0.15, 0.2) is 0 Å². The lowest BCUT2D eigenvalue weighted by Gasteiger charge is -2.23. The van der Waals surface area contributed by atoms with Gasteiger partial charge in [-0.15, -0.1) is 11.3 Å². The Balaban J connectivity index is 2.55. The summed E-state index contributed by atoms with van der Waals surface area (Å²) in [7, 11) is 0. The van der Waals surface area contributed by atoms with Crippen LogP contribution >= 0.6 is 11.3 Å². The van der Waals surface area contributed by atoms with E-state index in [1.165, 1.54) is 11.3 Å². The van der Waals surface area contributed by atoms with Crippen LogP contribution in [0.15, 0.2) is 11.4 Å². The summed E-state index contributed by atoms with van der Waals surface area (Å²) < 4.78 is 41.8. The first kappa shape index (κ1) is 16.5. The normalized spacial score (nSPS) is 15.5. The number of aryl methyl sites for hydroxylation is 1. The summed E-state index contributed by atoms with van der Waals surface area (Å²) in [5.74, 6) is 0. The van der Waals surface area contributed by atoms with Crippen LogP contribution in [0.25, 0.3) is 0 Å². The van der Waals surface area contributed by atoms with Crippen molar-refractivity contribution in [3.63, 3.8) is 0 Å². The Hall–Kier alpha value is -0.590. The first-order chi connectivity index (χ1) is 8.85. The molecule has 0 saturated carbocycles. The average molecular weight is 295 g/mol. The maximum atomic E-state index is 12.1. The van der Waals surface area contributed by atoms with Gasteiger partial charge in [0.05, 0.1) is 0 Å². The third-order valence-electron chi connectivity index (χ3n) is 2.92. The minimum atomic E-state index is -4.12. The molecule has 2 N–H and O–H groups in total. The molecule has 2 unspecified atom stereocenters. The first-order valence-corrected chi connectivity index (χ1v) is 7.21. The summed E-state index contributed by atoms with van der Waals surface area (Å²) in [5.41, 5.74) is 7.08. The van der Waals surface area contributed by atoms with Crippen LogP contribution in [0.2, 0.25) is 0 Å². The first-order valence-electron chi connectivity index (χ1n) is 6.33. The lowest BCUT2D eigenvalue weighted by Crippen LogP contribution is -2.29. The molecular formula is C13H20F3NOS. The van der Waals surface area contributed by atoms with Crippen LogP contribution in [0, 0.1) is 6.92 Å². The lowest BCUT2D eigenvalue weighted by atomic mass is 10.1. The number of ether oxygens (including phenoxy) is 1. The number of halogens is 3. The summed E-state index contributed by atoms with van der Waals surface area (Å²) in [4.78, 5) is 1.02. The molecule has 6 heteroatoms. The highest BCUT2D eigenvalue weighted by atomic mass is 32.1. The predicted molar refractivity (Wildman–Crippen MR) is 71.3 cm³/mol. The molecule has 0 spiro atoms. The molecule has 1 aromatic rings. The Morgan fingerprint density at radius 3 is 2.58 bits per heavy atom. The fourth-order valence-corrected chi connectivity index (χ4v) is 2.82. The topological polar surface area (TPSA) is 35.2 Å². The van der Waals surface area contributed by atoms with E-state index in [0.717, 1.165) is 16.9 Å². The third kappa shape index (κ3) is 5.50. The second kappa shape index (κ2) is 7.26. The largest absolute Gasteiger partial charge is 0.389 e. The summed E-state index contributed by atoms with van der Waals surface area (Å²) >= 11 is 1.54. The van der Waals surface area contributed by atoms with Crippen molar-refractivity contribution >= 4 is 11.3 Å². The Kier molecular flexibility index (Phi) is 6.29. The molecule has 1 rings (SSSR count). The summed E-state index contributed by atoms with van der Waals surface area (Å²) in [6, 6.07) is 1.78. The molecule has 0 aromatic carbocycles. The van der Waals surface area contributed by atoms with Gasteiger partial charge in [-0.05, 0) is 36.8 Å². The van der Waals surface area contributed by atoms with Gasteiger partial charge in [0, 0.05) is 23.9 Å². The molecule has 2 nitrogen and oxygen atoms in total. The number of alkyl halides is 3. The molecule has 0 fully saturated rings. The number of rotatable bonds is 7. The van der Waals surface area contributed by atoms with Crippen LogP contribution in [-0.4, -0.2) is 18.8 Å². The van der Waals surface area contributed by atoms with E-state index in [1.807, 2.05) is 25.3 Å². The molecule has 0 radical (unpaired) electrons. The smallest absolute Gasteiger partial charge is 0.371 e. The zero-order valence-electron chi connectivity index (χ0n) is 11.2. The van der Waals surface area contributed by atoms with Gasteiger partial charge in [-0.2, -0.15) is 13.2 Å². The van der Waals surface area contributed by atoms with Crippen LogP contribution < -0.4 is 5.73 Å². The van der Waals surface area contributed by atoms with E-state index in [-0.39, 0.29) is 25.2 Å². The Labute approximate surface area is 115 Å². The number of hydrogen-bond acceptors (Lipinski definition) is 3. The second-order valence-corrected chi connectivity index (χ2v) is 5.50. The molecule has 2 atom stereocenters. The molecule has 0 aliphatic heterocycles. The third-order valence-corrected chi connectivity index (χ3v) is 4.00. The highest BCUT2D eigenvalue weighted by Gasteiger charge is 2.27. The molecule has 19 heavy (non-hydrogen) atoms. The molecule has 0 aliphatic carbocycles. The number of hydrogen-bond donors (Lipinski definition) is 1. The lowest BCUT2D eigenvalue weighted by molar-refractivity contribution is -0.139. The minimum Gasteiger partial charge on any atom is -0.371 e. The van der Waals surface area contributed by atoms with Gasteiger partial charge in [-0.25, -0.2) is 0 Å². The van der Waals surface area contributed by atoms with Crippen molar-refractivity contribution in [1.82, 2.24) is 0 Å². The molecule has 0 bridgehead atoms. The van der Waals surface area contributed by atoms with E-state index in [0.29, 0.717) is 0 Å². The molecule has 0 aliphatic rings. The van der Waals surface area contributed by atoms with Gasteiger partial charge >= 0.3 is 6.18 Å². The van der Waals surface area contributed by atoms with Crippen molar-refractivity contribution in [1.29, 1.82) is 0 Å². The summed E-state index contributed by atoms with van der Waals surface area (Å²) in [5, 5.41) is 1.94.